The first kappa shape index (κ1) is 16.0. The molecule has 0 atom stereocenters. The summed E-state index contributed by atoms with van der Waals surface area (Å²) in [6, 6.07) is 8.24. The number of hydrogen-bond acceptors (Lipinski definition) is 3. The summed E-state index contributed by atoms with van der Waals surface area (Å²) in [7, 11) is 0. The summed E-state index contributed by atoms with van der Waals surface area (Å²) < 4.78 is 2.17. The Morgan fingerprint density at radius 3 is 2.28 bits per heavy atom. The first-order chi connectivity index (χ1) is 11.7. The van der Waals surface area contributed by atoms with E-state index in [1.165, 1.54) is 0 Å². The van der Waals surface area contributed by atoms with Gasteiger partial charge in [-0.2, -0.15) is 0 Å². The summed E-state index contributed by atoms with van der Waals surface area (Å²) in [6.45, 7) is 13.1. The van der Waals surface area contributed by atoms with E-state index in [1.54, 1.807) is 0 Å². The SMILES string of the molecule is CC(C)(C)c1cn2c(cn1)nc1c3ccccc3nc(C(C)(C)C)c12. The molecule has 128 valence electrons. The van der Waals surface area contributed by atoms with Crippen LogP contribution < -0.4 is 0 Å². The Kier molecular flexibility index (Phi) is 3.21. The first-order valence-corrected chi connectivity index (χ1v) is 8.74. The maximum atomic E-state index is 5.01. The summed E-state index contributed by atoms with van der Waals surface area (Å²) in [4.78, 5) is 14.6. The summed E-state index contributed by atoms with van der Waals surface area (Å²) in [5.74, 6) is 0. The standard InChI is InChI=1S/C21H24N4/c1-20(2,3)15-12-25-16(11-22-15)24-17-13-9-7-8-10-14(13)23-19(18(17)25)21(4,5)6/h7-12H,1-6H3. The summed E-state index contributed by atoms with van der Waals surface area (Å²) in [6.07, 6.45) is 4.00. The smallest absolute Gasteiger partial charge is 0.156 e. The van der Waals surface area contributed by atoms with E-state index in [4.69, 9.17) is 9.97 Å². The number of fused-ring (bicyclic) bond motifs is 5. The molecule has 25 heavy (non-hydrogen) atoms. The molecule has 4 rings (SSSR count). The fourth-order valence-electron chi connectivity index (χ4n) is 3.22. The second-order valence-electron chi connectivity index (χ2n) is 8.79. The molecule has 0 spiro atoms. The number of pyridine rings is 1. The minimum Gasteiger partial charge on any atom is -0.295 e. The lowest BCUT2D eigenvalue weighted by atomic mass is 9.90. The summed E-state index contributed by atoms with van der Waals surface area (Å²) >= 11 is 0. The van der Waals surface area contributed by atoms with Crippen LogP contribution in [0.5, 0.6) is 0 Å². The molecule has 3 heterocycles. The lowest BCUT2D eigenvalue weighted by Crippen LogP contribution is -2.16. The highest BCUT2D eigenvalue weighted by Gasteiger charge is 2.25. The normalized spacial score (nSPS) is 13.2. The quantitative estimate of drug-likeness (QED) is 0.454. The van der Waals surface area contributed by atoms with Crippen LogP contribution in [0.25, 0.3) is 27.6 Å². The van der Waals surface area contributed by atoms with Gasteiger partial charge in [0.15, 0.2) is 5.65 Å². The molecule has 0 saturated carbocycles. The predicted molar refractivity (Wildman–Crippen MR) is 103 cm³/mol. The maximum absolute atomic E-state index is 5.01. The minimum atomic E-state index is -0.0799. The molecule has 0 aliphatic rings. The van der Waals surface area contributed by atoms with Crippen LogP contribution in [0.15, 0.2) is 36.7 Å². The van der Waals surface area contributed by atoms with Crippen LogP contribution in [0, 0.1) is 0 Å². The van der Waals surface area contributed by atoms with Gasteiger partial charge in [-0.05, 0) is 6.07 Å². The number of rotatable bonds is 0. The van der Waals surface area contributed by atoms with Crippen LogP contribution in [0.2, 0.25) is 0 Å². The van der Waals surface area contributed by atoms with Gasteiger partial charge in [-0.3, -0.25) is 9.38 Å². The molecule has 0 aliphatic carbocycles. The predicted octanol–water partition coefficient (Wildman–Crippen LogP) is 5.03. The van der Waals surface area contributed by atoms with E-state index in [-0.39, 0.29) is 10.8 Å². The average molecular weight is 332 g/mol. The Balaban J connectivity index is 2.23. The van der Waals surface area contributed by atoms with Crippen molar-refractivity contribution in [3.63, 3.8) is 0 Å². The molecule has 4 nitrogen and oxygen atoms in total. The van der Waals surface area contributed by atoms with Gasteiger partial charge in [0.1, 0.15) is 5.52 Å². The number of hydrogen-bond donors (Lipinski definition) is 0. The number of benzene rings is 1. The zero-order chi connectivity index (χ0) is 18.0. The molecule has 0 aliphatic heterocycles. The topological polar surface area (TPSA) is 43.1 Å². The van der Waals surface area contributed by atoms with Crippen LogP contribution in [-0.4, -0.2) is 19.4 Å². The minimum absolute atomic E-state index is 0.0169. The number of imidazole rings is 1. The molecule has 4 aromatic rings. The monoisotopic (exact) mass is 332 g/mol. The molecule has 0 bridgehead atoms. The van der Waals surface area contributed by atoms with E-state index in [9.17, 15) is 0 Å². The van der Waals surface area contributed by atoms with E-state index < -0.39 is 0 Å². The molecule has 0 unspecified atom stereocenters. The second-order valence-corrected chi connectivity index (χ2v) is 8.79. The van der Waals surface area contributed by atoms with Crippen molar-refractivity contribution in [2.75, 3.05) is 0 Å². The van der Waals surface area contributed by atoms with Gasteiger partial charge in [-0.15, -0.1) is 0 Å². The summed E-state index contributed by atoms with van der Waals surface area (Å²) in [5, 5.41) is 1.09. The lowest BCUT2D eigenvalue weighted by Gasteiger charge is -2.21. The largest absolute Gasteiger partial charge is 0.295 e. The molecular weight excluding hydrogens is 308 g/mol. The fourth-order valence-corrected chi connectivity index (χ4v) is 3.22. The van der Waals surface area contributed by atoms with Gasteiger partial charge < -0.3 is 0 Å². The van der Waals surface area contributed by atoms with Crippen molar-refractivity contribution in [2.45, 2.75) is 52.4 Å². The highest BCUT2D eigenvalue weighted by molar-refractivity contribution is 6.04. The van der Waals surface area contributed by atoms with E-state index in [1.807, 2.05) is 18.3 Å². The maximum Gasteiger partial charge on any atom is 0.156 e. The van der Waals surface area contributed by atoms with Crippen molar-refractivity contribution >= 4 is 27.6 Å². The van der Waals surface area contributed by atoms with Crippen molar-refractivity contribution < 1.29 is 0 Å². The van der Waals surface area contributed by atoms with Crippen molar-refractivity contribution in [3.8, 4) is 0 Å². The Morgan fingerprint density at radius 2 is 1.60 bits per heavy atom. The third kappa shape index (κ3) is 2.48. The molecule has 3 aromatic heterocycles. The number of nitrogens with zero attached hydrogens (tertiary/aromatic N) is 4. The third-order valence-corrected chi connectivity index (χ3v) is 4.60. The van der Waals surface area contributed by atoms with E-state index >= 15 is 0 Å². The van der Waals surface area contributed by atoms with Gasteiger partial charge in [0, 0.05) is 22.4 Å². The fraction of sp³-hybridized carbons (Fsp3) is 0.381. The van der Waals surface area contributed by atoms with Crippen LogP contribution in [0.1, 0.15) is 52.9 Å². The Bertz CT molecular complexity index is 1110. The van der Waals surface area contributed by atoms with Gasteiger partial charge >= 0.3 is 0 Å². The highest BCUT2D eigenvalue weighted by Crippen LogP contribution is 2.34. The lowest BCUT2D eigenvalue weighted by molar-refractivity contribution is 0.563. The number of para-hydroxylation sites is 1. The van der Waals surface area contributed by atoms with Gasteiger partial charge in [-0.25, -0.2) is 9.97 Å². The van der Waals surface area contributed by atoms with Gasteiger partial charge in [0.2, 0.25) is 0 Å². The van der Waals surface area contributed by atoms with Crippen molar-refractivity contribution in [3.05, 3.63) is 48.0 Å². The Hall–Kier alpha value is -2.49. The van der Waals surface area contributed by atoms with Crippen LogP contribution >= 0.6 is 0 Å². The van der Waals surface area contributed by atoms with Crippen LogP contribution in [-0.2, 0) is 10.8 Å². The average Bonchev–Trinajstić information content (AvgIpc) is 2.91. The number of aromatic nitrogens is 4. The van der Waals surface area contributed by atoms with Crippen molar-refractivity contribution in [1.82, 2.24) is 19.4 Å². The molecule has 0 amide bonds. The molecule has 1 aromatic carbocycles. The molecule has 0 N–H and O–H groups in total. The van der Waals surface area contributed by atoms with Crippen LogP contribution in [0.3, 0.4) is 0 Å². The first-order valence-electron chi connectivity index (χ1n) is 8.74. The zero-order valence-corrected chi connectivity index (χ0v) is 15.8. The Labute approximate surface area is 147 Å². The van der Waals surface area contributed by atoms with Gasteiger partial charge in [-0.1, -0.05) is 59.7 Å². The molecule has 4 heteroatoms. The van der Waals surface area contributed by atoms with Crippen molar-refractivity contribution in [1.29, 1.82) is 0 Å². The highest BCUT2D eigenvalue weighted by atomic mass is 15.0. The second kappa shape index (κ2) is 5.01. The Morgan fingerprint density at radius 1 is 0.880 bits per heavy atom. The molecule has 0 radical (unpaired) electrons. The van der Waals surface area contributed by atoms with Crippen LogP contribution in [0.4, 0.5) is 0 Å². The van der Waals surface area contributed by atoms with E-state index in [2.05, 4.69) is 69.3 Å². The molecule has 0 fully saturated rings. The molecule has 0 saturated heterocycles. The zero-order valence-electron chi connectivity index (χ0n) is 15.8. The van der Waals surface area contributed by atoms with Crippen molar-refractivity contribution in [2.24, 2.45) is 0 Å². The van der Waals surface area contributed by atoms with Gasteiger partial charge in [0.05, 0.1) is 28.6 Å². The van der Waals surface area contributed by atoms with E-state index in [0.29, 0.717) is 0 Å². The summed E-state index contributed by atoms with van der Waals surface area (Å²) in [5.41, 5.74) is 5.98. The van der Waals surface area contributed by atoms with E-state index in [0.717, 1.165) is 39.0 Å². The molecular formula is C21H24N4. The van der Waals surface area contributed by atoms with Gasteiger partial charge in [0.25, 0.3) is 0 Å². The third-order valence-electron chi connectivity index (χ3n) is 4.60.